The fourth-order valence-electron chi connectivity index (χ4n) is 2.38. The number of hydrogen-bond acceptors (Lipinski definition) is 4. The summed E-state index contributed by atoms with van der Waals surface area (Å²) in [6, 6.07) is 0. The molecule has 86 valence electrons. The highest BCUT2D eigenvalue weighted by Gasteiger charge is 2.52. The van der Waals surface area contributed by atoms with Gasteiger partial charge >= 0.3 is 5.97 Å². The first kappa shape index (κ1) is 11.3. The number of sulfone groups is 1. The van der Waals surface area contributed by atoms with E-state index in [1.54, 1.807) is 0 Å². The molecule has 0 aromatic heterocycles. The summed E-state index contributed by atoms with van der Waals surface area (Å²) in [4.78, 5) is 10.8. The van der Waals surface area contributed by atoms with Gasteiger partial charge in [-0.2, -0.15) is 0 Å². The fourth-order valence-corrected chi connectivity index (χ4v) is 6.80. The van der Waals surface area contributed by atoms with Crippen LogP contribution in [0.5, 0.6) is 0 Å². The summed E-state index contributed by atoms with van der Waals surface area (Å²) >= 11 is 1.45. The molecule has 1 N–H and O–H groups in total. The van der Waals surface area contributed by atoms with Crippen molar-refractivity contribution in [3.05, 3.63) is 0 Å². The molecule has 1 saturated carbocycles. The molecule has 2 fully saturated rings. The molecule has 0 radical (unpaired) electrons. The molecular formula is C9H14O4S2. The maximum atomic E-state index is 12.0. The maximum Gasteiger partial charge on any atom is 0.306 e. The highest BCUT2D eigenvalue weighted by atomic mass is 32.3. The lowest BCUT2D eigenvalue weighted by molar-refractivity contribution is -0.141. The molecular weight excluding hydrogens is 236 g/mol. The standard InChI is InChI=1S/C9H14O4S2/c10-8(11)7-2-3-9(6-7)14-4-1-5-15(9,12)13/h7H,1-6H2,(H,10,11)/t7-,9-/m1/s1. The quantitative estimate of drug-likeness (QED) is 0.755. The molecule has 4 nitrogen and oxygen atoms in total. The van der Waals surface area contributed by atoms with Gasteiger partial charge in [0.1, 0.15) is 4.08 Å². The van der Waals surface area contributed by atoms with Crippen LogP contribution in [0, 0.1) is 5.92 Å². The second-order valence-corrected chi connectivity index (χ2v) is 8.37. The third kappa shape index (κ3) is 1.78. The molecule has 0 aromatic carbocycles. The molecule has 0 amide bonds. The second kappa shape index (κ2) is 3.66. The Morgan fingerprint density at radius 3 is 2.73 bits per heavy atom. The van der Waals surface area contributed by atoms with Gasteiger partial charge in [-0.05, 0) is 31.4 Å². The Balaban J connectivity index is 2.24. The minimum absolute atomic E-state index is 0.229. The molecule has 1 heterocycles. The Hall–Kier alpha value is -0.230. The van der Waals surface area contributed by atoms with E-state index in [0.29, 0.717) is 25.7 Å². The van der Waals surface area contributed by atoms with Crippen LogP contribution in [0.2, 0.25) is 0 Å². The Morgan fingerprint density at radius 1 is 1.47 bits per heavy atom. The van der Waals surface area contributed by atoms with Gasteiger partial charge in [0.15, 0.2) is 9.84 Å². The van der Waals surface area contributed by atoms with Crippen molar-refractivity contribution in [2.45, 2.75) is 29.8 Å². The zero-order chi connectivity index (χ0) is 11.1. The second-order valence-electron chi connectivity index (χ2n) is 4.21. The van der Waals surface area contributed by atoms with E-state index in [1.165, 1.54) is 11.8 Å². The van der Waals surface area contributed by atoms with Gasteiger partial charge in [0.2, 0.25) is 0 Å². The largest absolute Gasteiger partial charge is 0.481 e. The minimum atomic E-state index is -3.09. The van der Waals surface area contributed by atoms with Gasteiger partial charge in [0.05, 0.1) is 11.7 Å². The third-order valence-electron chi connectivity index (χ3n) is 3.27. The first-order chi connectivity index (χ1) is 6.97. The summed E-state index contributed by atoms with van der Waals surface area (Å²) < 4.78 is 23.2. The SMILES string of the molecule is O=C(O)[C@@H]1CC[C@@]2(C1)SCCCS2(=O)=O. The van der Waals surface area contributed by atoms with Crippen LogP contribution in [0.15, 0.2) is 0 Å². The van der Waals surface area contributed by atoms with E-state index in [9.17, 15) is 13.2 Å². The lowest BCUT2D eigenvalue weighted by atomic mass is 10.1. The van der Waals surface area contributed by atoms with Crippen molar-refractivity contribution in [1.29, 1.82) is 0 Å². The number of thioether (sulfide) groups is 1. The van der Waals surface area contributed by atoms with E-state index in [-0.39, 0.29) is 5.75 Å². The molecule has 2 aliphatic rings. The molecule has 0 aromatic rings. The fraction of sp³-hybridized carbons (Fsp3) is 0.889. The van der Waals surface area contributed by atoms with Gasteiger partial charge < -0.3 is 5.11 Å². The summed E-state index contributed by atoms with van der Waals surface area (Å²) in [5, 5.41) is 8.89. The van der Waals surface area contributed by atoms with E-state index in [0.717, 1.165) is 5.75 Å². The first-order valence-electron chi connectivity index (χ1n) is 5.06. The number of carboxylic acids is 1. The zero-order valence-electron chi connectivity index (χ0n) is 8.31. The minimum Gasteiger partial charge on any atom is -0.481 e. The van der Waals surface area contributed by atoms with Crippen molar-refractivity contribution >= 4 is 27.6 Å². The molecule has 2 rings (SSSR count). The summed E-state index contributed by atoms with van der Waals surface area (Å²) in [6.45, 7) is 0. The van der Waals surface area contributed by atoms with Crippen LogP contribution in [-0.2, 0) is 14.6 Å². The highest BCUT2D eigenvalue weighted by Crippen LogP contribution is 2.51. The van der Waals surface area contributed by atoms with Crippen molar-refractivity contribution in [2.75, 3.05) is 11.5 Å². The summed E-state index contributed by atoms with van der Waals surface area (Å²) in [5.41, 5.74) is 0. The zero-order valence-corrected chi connectivity index (χ0v) is 9.94. The normalized spacial score (nSPS) is 39.3. The van der Waals surface area contributed by atoms with Gasteiger partial charge in [-0.25, -0.2) is 8.42 Å². The number of carbonyl (C=O) groups is 1. The van der Waals surface area contributed by atoms with Crippen LogP contribution in [0.4, 0.5) is 0 Å². The van der Waals surface area contributed by atoms with Crippen LogP contribution in [-0.4, -0.2) is 35.1 Å². The van der Waals surface area contributed by atoms with Crippen molar-refractivity contribution < 1.29 is 18.3 Å². The van der Waals surface area contributed by atoms with Crippen LogP contribution in [0.25, 0.3) is 0 Å². The number of rotatable bonds is 1. The monoisotopic (exact) mass is 250 g/mol. The topological polar surface area (TPSA) is 71.4 Å². The molecule has 0 unspecified atom stereocenters. The van der Waals surface area contributed by atoms with Gasteiger partial charge in [0, 0.05) is 0 Å². The van der Waals surface area contributed by atoms with Crippen molar-refractivity contribution in [1.82, 2.24) is 0 Å². The molecule has 1 spiro atoms. The molecule has 6 heteroatoms. The summed E-state index contributed by atoms with van der Waals surface area (Å²) in [7, 11) is -3.09. The Morgan fingerprint density at radius 2 is 2.20 bits per heavy atom. The average molecular weight is 250 g/mol. The molecule has 0 bridgehead atoms. The smallest absolute Gasteiger partial charge is 0.306 e. The number of aliphatic carboxylic acids is 1. The Kier molecular flexibility index (Phi) is 2.75. The van der Waals surface area contributed by atoms with E-state index in [2.05, 4.69) is 0 Å². The van der Waals surface area contributed by atoms with Crippen molar-refractivity contribution in [3.8, 4) is 0 Å². The van der Waals surface area contributed by atoms with Crippen LogP contribution >= 0.6 is 11.8 Å². The van der Waals surface area contributed by atoms with Crippen LogP contribution in [0.1, 0.15) is 25.7 Å². The predicted octanol–water partition coefficient (Wildman–Crippen LogP) is 1.12. The molecule has 1 aliphatic heterocycles. The number of hydrogen-bond donors (Lipinski definition) is 1. The van der Waals surface area contributed by atoms with E-state index >= 15 is 0 Å². The van der Waals surface area contributed by atoms with E-state index < -0.39 is 25.8 Å². The van der Waals surface area contributed by atoms with Crippen LogP contribution < -0.4 is 0 Å². The van der Waals surface area contributed by atoms with Gasteiger partial charge in [-0.15, -0.1) is 11.8 Å². The summed E-state index contributed by atoms with van der Waals surface area (Å²) in [5.74, 6) is -0.253. The van der Waals surface area contributed by atoms with Gasteiger partial charge in [0.25, 0.3) is 0 Å². The molecule has 15 heavy (non-hydrogen) atoms. The van der Waals surface area contributed by atoms with Crippen molar-refractivity contribution in [3.63, 3.8) is 0 Å². The number of carboxylic acid groups (broad SMARTS) is 1. The highest BCUT2D eigenvalue weighted by molar-refractivity contribution is 8.15. The lowest BCUT2D eigenvalue weighted by Crippen LogP contribution is -2.38. The molecule has 2 atom stereocenters. The predicted molar refractivity (Wildman–Crippen MR) is 58.6 cm³/mol. The van der Waals surface area contributed by atoms with E-state index in [4.69, 9.17) is 5.11 Å². The third-order valence-corrected chi connectivity index (χ3v) is 8.11. The Bertz CT molecular complexity index is 376. The summed E-state index contributed by atoms with van der Waals surface area (Å²) in [6.07, 6.45) is 2.01. The van der Waals surface area contributed by atoms with Crippen molar-refractivity contribution in [2.24, 2.45) is 5.92 Å². The van der Waals surface area contributed by atoms with Gasteiger partial charge in [-0.3, -0.25) is 4.79 Å². The Labute approximate surface area is 93.4 Å². The van der Waals surface area contributed by atoms with E-state index in [1.807, 2.05) is 0 Å². The average Bonchev–Trinajstić information content (AvgIpc) is 2.57. The lowest BCUT2D eigenvalue weighted by Gasteiger charge is -2.32. The maximum absolute atomic E-state index is 12.0. The van der Waals surface area contributed by atoms with Crippen LogP contribution in [0.3, 0.4) is 0 Å². The molecule has 1 saturated heterocycles. The first-order valence-corrected chi connectivity index (χ1v) is 7.70. The van der Waals surface area contributed by atoms with Gasteiger partial charge in [-0.1, -0.05) is 0 Å². The molecule has 1 aliphatic carbocycles.